The molecule has 7 N–H and O–H groups in total. The molecule has 20 heteroatoms. The molecule has 1 aromatic heterocycles. The summed E-state index contributed by atoms with van der Waals surface area (Å²) >= 11 is 6.90. The number of nitrogens with two attached hydrogens (primary N) is 1. The second kappa shape index (κ2) is 21.4. The number of carboxylic acid groups (broad SMARTS) is 1. The number of fused-ring (bicyclic) bond motifs is 5. The van der Waals surface area contributed by atoms with E-state index in [1.165, 1.54) is 6.20 Å². The number of carbonyl (C=O) groups is 5. The van der Waals surface area contributed by atoms with Crippen LogP contribution < -0.4 is 32.0 Å². The highest BCUT2D eigenvalue weighted by Gasteiger charge is 2.42. The molecule has 4 aromatic rings. The second-order valence-corrected chi connectivity index (χ2v) is 17.2. The highest BCUT2D eigenvalue weighted by Crippen LogP contribution is 2.46. The molecular weight excluding hydrogens is 904 g/mol. The monoisotopic (exact) mass is 954 g/mol. The highest BCUT2D eigenvalue weighted by molar-refractivity contribution is 6.38. The van der Waals surface area contributed by atoms with Crippen molar-refractivity contribution in [2.45, 2.75) is 81.7 Å². The number of ether oxygens (including phenoxy) is 1. The molecule has 3 amide bonds. The highest BCUT2D eigenvalue weighted by atomic mass is 35.5. The summed E-state index contributed by atoms with van der Waals surface area (Å²) in [5.74, 6) is -4.64. The normalized spacial score (nSPS) is 19.0. The Hall–Kier alpha value is -6.47. The number of anilines is 1. The van der Waals surface area contributed by atoms with Gasteiger partial charge in [0.1, 0.15) is 25.3 Å². The maximum atomic E-state index is 15.8. The number of allylic oxidation sites excluding steroid dienone is 1. The van der Waals surface area contributed by atoms with Crippen LogP contribution in [-0.2, 0) is 23.9 Å². The molecule has 3 aliphatic carbocycles. The SMILES string of the molecule is C=O.C[C@@H](NC(=O)[C@@H](N)CCCCNC(=O)OCC1c2ccccc2-c2ccccc21)C(=O)NC1C=CCC2CN(c3c(F)cc4c(=O)c(O)cn(C5CC5)c4c3Cl)CC21.O=C(O)C(F)(F)F. The van der Waals surface area contributed by atoms with Gasteiger partial charge >= 0.3 is 18.2 Å². The number of aliphatic carboxylic acids is 1. The fourth-order valence-corrected chi connectivity index (χ4v) is 9.33. The van der Waals surface area contributed by atoms with Crippen molar-refractivity contribution in [1.29, 1.82) is 0 Å². The lowest BCUT2D eigenvalue weighted by Gasteiger charge is -2.30. The summed E-state index contributed by atoms with van der Waals surface area (Å²) < 4.78 is 54.9. The first-order chi connectivity index (χ1) is 31.9. The van der Waals surface area contributed by atoms with Crippen LogP contribution in [0.1, 0.15) is 68.5 Å². The van der Waals surface area contributed by atoms with Crippen LogP contribution in [0.4, 0.5) is 28.0 Å². The number of carbonyl (C=O) groups excluding carboxylic acids is 4. The summed E-state index contributed by atoms with van der Waals surface area (Å²) in [6.07, 6.45) is 3.76. The quantitative estimate of drug-likeness (QED) is 0.0495. The smallest absolute Gasteiger partial charge is 0.490 e. The number of alkyl carbamates (subject to hydrolysis) is 1. The van der Waals surface area contributed by atoms with Crippen molar-refractivity contribution in [1.82, 2.24) is 20.5 Å². The Morgan fingerprint density at radius 3 is 2.24 bits per heavy atom. The van der Waals surface area contributed by atoms with Crippen molar-refractivity contribution in [2.24, 2.45) is 17.6 Å². The van der Waals surface area contributed by atoms with Gasteiger partial charge in [-0.25, -0.2) is 14.0 Å². The summed E-state index contributed by atoms with van der Waals surface area (Å²) in [6.45, 7) is 5.11. The first-order valence-corrected chi connectivity index (χ1v) is 22.0. The predicted molar refractivity (Wildman–Crippen MR) is 241 cm³/mol. The Bertz CT molecular complexity index is 2540. The summed E-state index contributed by atoms with van der Waals surface area (Å²) in [5.41, 5.74) is 10.7. The lowest BCUT2D eigenvalue weighted by atomic mass is 9.82. The number of alkyl halides is 3. The molecule has 3 unspecified atom stereocenters. The maximum Gasteiger partial charge on any atom is 0.490 e. The van der Waals surface area contributed by atoms with Crippen molar-refractivity contribution in [2.75, 3.05) is 31.1 Å². The number of rotatable bonds is 13. The standard InChI is InChI=1S/C44H48ClFN6O6.C2HF3O2.CH2O/c1-24(49-43(56)35(47)14-6-7-18-48-44(57)58-23-33-29-12-4-2-10-27(29)28-11-3-5-13-30(28)33)42(55)50-36-15-8-9-25-20-51(21-32(25)36)40-34(46)19-31-39(38(40)45)52(26-16-17-26)22-37(53)41(31)54;3-2(4,5)1(6)7;1-2/h2-5,8,10-13,15,19,22,24-26,32-33,35-36,53H,6-7,9,14,16-18,20-21,23,47H2,1H3,(H,48,57)(H,49,56)(H,50,55);(H,6,7);1H2/t24-,25?,32?,35+,36?;;/m1../s1. The van der Waals surface area contributed by atoms with Crippen LogP contribution in [0.2, 0.25) is 5.02 Å². The van der Waals surface area contributed by atoms with Crippen molar-refractivity contribution >= 4 is 58.9 Å². The molecule has 5 atom stereocenters. The Balaban J connectivity index is 0.000000755. The molecular formula is C47H51ClF4N6O9. The second-order valence-electron chi connectivity index (χ2n) is 16.8. The molecule has 0 spiro atoms. The number of aromatic nitrogens is 1. The van der Waals surface area contributed by atoms with E-state index in [9.17, 15) is 37.5 Å². The van der Waals surface area contributed by atoms with Crippen molar-refractivity contribution in [3.8, 4) is 16.9 Å². The van der Waals surface area contributed by atoms with E-state index < -0.39 is 53.2 Å². The number of nitrogens with one attached hydrogen (secondary N) is 3. The largest absolute Gasteiger partial charge is 0.503 e. The Kier molecular flexibility index (Phi) is 16.0. The van der Waals surface area contributed by atoms with Gasteiger partial charge in [0, 0.05) is 37.5 Å². The zero-order valence-electron chi connectivity index (χ0n) is 36.4. The van der Waals surface area contributed by atoms with E-state index in [4.69, 9.17) is 36.8 Å². The molecule has 1 saturated heterocycles. The summed E-state index contributed by atoms with van der Waals surface area (Å²) in [4.78, 5) is 70.4. The molecule has 2 fully saturated rings. The fraction of sp³-hybridized carbons (Fsp3) is 0.404. The molecule has 3 aromatic carbocycles. The third-order valence-electron chi connectivity index (χ3n) is 12.4. The zero-order valence-corrected chi connectivity index (χ0v) is 37.1. The van der Waals surface area contributed by atoms with Gasteiger partial charge in [-0.05, 0) is 79.7 Å². The summed E-state index contributed by atoms with van der Waals surface area (Å²) in [6, 6.07) is 15.5. The zero-order chi connectivity index (χ0) is 48.7. The number of unbranched alkanes of at least 4 members (excludes halogenated alkanes) is 1. The Labute approximate surface area is 387 Å². The first kappa shape index (κ1) is 50.0. The fourth-order valence-electron chi connectivity index (χ4n) is 8.92. The van der Waals surface area contributed by atoms with Gasteiger partial charge in [0.15, 0.2) is 5.75 Å². The molecule has 0 radical (unpaired) electrons. The predicted octanol–water partition coefficient (Wildman–Crippen LogP) is 6.32. The van der Waals surface area contributed by atoms with Crippen LogP contribution in [-0.4, -0.2) is 96.0 Å². The molecule has 8 rings (SSSR count). The number of nitrogens with zero attached hydrogens (tertiary/aromatic N) is 2. The van der Waals surface area contributed by atoms with Crippen LogP contribution >= 0.6 is 11.6 Å². The molecule has 358 valence electrons. The number of amides is 3. The van der Waals surface area contributed by atoms with E-state index in [0.717, 1.165) is 47.6 Å². The van der Waals surface area contributed by atoms with Crippen LogP contribution in [0.25, 0.3) is 22.0 Å². The van der Waals surface area contributed by atoms with E-state index >= 15 is 4.39 Å². The molecule has 67 heavy (non-hydrogen) atoms. The van der Waals surface area contributed by atoms with Crippen LogP contribution in [0.15, 0.2) is 77.7 Å². The van der Waals surface area contributed by atoms with E-state index in [2.05, 4.69) is 40.2 Å². The van der Waals surface area contributed by atoms with Crippen LogP contribution in [0.5, 0.6) is 5.75 Å². The van der Waals surface area contributed by atoms with Gasteiger partial charge in [0.2, 0.25) is 17.2 Å². The molecule has 1 saturated carbocycles. The topological polar surface area (TPSA) is 222 Å². The number of halogens is 5. The lowest BCUT2D eigenvalue weighted by molar-refractivity contribution is -0.192. The van der Waals surface area contributed by atoms with Gasteiger partial charge in [0.25, 0.3) is 0 Å². The van der Waals surface area contributed by atoms with Gasteiger partial charge in [-0.3, -0.25) is 14.4 Å². The number of carboxylic acids is 1. The minimum absolute atomic E-state index is 0.0248. The van der Waals surface area contributed by atoms with Crippen LogP contribution in [0, 0.1) is 17.7 Å². The lowest BCUT2D eigenvalue weighted by Crippen LogP contribution is -2.53. The van der Waals surface area contributed by atoms with Gasteiger partial charge in [-0.15, -0.1) is 0 Å². The molecule has 0 bridgehead atoms. The third kappa shape index (κ3) is 11.4. The van der Waals surface area contributed by atoms with Crippen molar-refractivity contribution in [3.05, 3.63) is 105 Å². The van der Waals surface area contributed by atoms with Crippen LogP contribution in [0.3, 0.4) is 0 Å². The maximum absolute atomic E-state index is 15.8. The summed E-state index contributed by atoms with van der Waals surface area (Å²) in [5, 5.41) is 26.1. The number of benzene rings is 3. The van der Waals surface area contributed by atoms with Crippen molar-refractivity contribution in [3.63, 3.8) is 0 Å². The number of hydrogen-bond donors (Lipinski definition) is 6. The first-order valence-electron chi connectivity index (χ1n) is 21.7. The average molecular weight is 955 g/mol. The summed E-state index contributed by atoms with van der Waals surface area (Å²) in [7, 11) is 0. The van der Waals surface area contributed by atoms with E-state index in [-0.39, 0.29) is 58.4 Å². The average Bonchev–Trinajstić information content (AvgIpc) is 3.98. The molecule has 4 aliphatic rings. The molecule has 1 aliphatic heterocycles. The minimum atomic E-state index is -5.08. The minimum Gasteiger partial charge on any atom is -0.503 e. The van der Waals surface area contributed by atoms with Gasteiger partial charge in [0.05, 0.1) is 39.9 Å². The van der Waals surface area contributed by atoms with Gasteiger partial charge in [-0.2, -0.15) is 13.2 Å². The third-order valence-corrected chi connectivity index (χ3v) is 12.7. The van der Waals surface area contributed by atoms with Gasteiger partial charge < -0.3 is 50.9 Å². The number of pyridine rings is 1. The van der Waals surface area contributed by atoms with Gasteiger partial charge in [-0.1, -0.05) is 72.3 Å². The van der Waals surface area contributed by atoms with E-state index in [0.29, 0.717) is 44.4 Å². The molecule has 15 nitrogen and oxygen atoms in total. The van der Waals surface area contributed by atoms with E-state index in [1.54, 1.807) is 11.5 Å². The number of hydrogen-bond acceptors (Lipinski definition) is 10. The Morgan fingerprint density at radius 2 is 1.63 bits per heavy atom. The Morgan fingerprint density at radius 1 is 1.00 bits per heavy atom. The van der Waals surface area contributed by atoms with Crippen molar-refractivity contribution < 1.29 is 56.5 Å². The van der Waals surface area contributed by atoms with E-state index in [1.807, 2.05) is 48.1 Å². The molecule has 2 heterocycles. The number of aromatic hydroxyl groups is 1.